The largest absolute Gasteiger partial charge is 0.508 e. The molecule has 0 radical (unpaired) electrons. The molecule has 2 rings (SSSR count). The van der Waals surface area contributed by atoms with E-state index in [4.69, 9.17) is 4.74 Å². The van der Waals surface area contributed by atoms with Gasteiger partial charge < -0.3 is 25.4 Å². The second-order valence-electron chi connectivity index (χ2n) is 5.99. The lowest BCUT2D eigenvalue weighted by molar-refractivity contribution is 0.170. The van der Waals surface area contributed by atoms with Crippen LogP contribution in [-0.4, -0.2) is 41.2 Å². The molecule has 6 heteroatoms. The summed E-state index contributed by atoms with van der Waals surface area (Å²) in [7, 11) is 0. The number of rotatable bonds is 9. The Morgan fingerprint density at radius 1 is 1.08 bits per heavy atom. The molecular formula is C19H24FNO4. The summed E-state index contributed by atoms with van der Waals surface area (Å²) in [4.78, 5) is 0. The highest BCUT2D eigenvalue weighted by atomic mass is 19.1. The molecule has 0 aliphatic heterocycles. The molecule has 0 spiro atoms. The van der Waals surface area contributed by atoms with Crippen LogP contribution in [0.5, 0.6) is 17.2 Å². The Bertz CT molecular complexity index is 643. The minimum Gasteiger partial charge on any atom is -0.508 e. The van der Waals surface area contributed by atoms with Crippen molar-refractivity contribution in [3.8, 4) is 17.2 Å². The van der Waals surface area contributed by atoms with Crippen LogP contribution in [0.4, 0.5) is 4.39 Å². The van der Waals surface area contributed by atoms with E-state index in [0.717, 1.165) is 12.0 Å². The lowest BCUT2D eigenvalue weighted by Crippen LogP contribution is -2.32. The molecule has 4 N–H and O–H groups in total. The average Bonchev–Trinajstić information content (AvgIpc) is 2.58. The smallest absolute Gasteiger partial charge is 0.123 e. The van der Waals surface area contributed by atoms with E-state index in [-0.39, 0.29) is 24.1 Å². The first-order valence-electron chi connectivity index (χ1n) is 8.20. The number of alkyl halides is 1. The van der Waals surface area contributed by atoms with Crippen molar-refractivity contribution in [2.24, 2.45) is 0 Å². The highest BCUT2D eigenvalue weighted by molar-refractivity contribution is 5.37. The fraction of sp³-hybridized carbons (Fsp3) is 0.368. The molecule has 136 valence electrons. The Hall–Kier alpha value is -2.31. The van der Waals surface area contributed by atoms with E-state index in [1.54, 1.807) is 0 Å². The van der Waals surface area contributed by atoms with Gasteiger partial charge >= 0.3 is 0 Å². The number of aliphatic hydroxyl groups is 1. The minimum atomic E-state index is -0.836. The van der Waals surface area contributed by atoms with Crippen molar-refractivity contribution in [3.63, 3.8) is 0 Å². The third kappa shape index (κ3) is 6.25. The van der Waals surface area contributed by atoms with Crippen LogP contribution in [-0.2, 0) is 6.42 Å². The summed E-state index contributed by atoms with van der Waals surface area (Å²) in [6.45, 7) is 1.84. The number of aromatic hydroxyl groups is 2. The Kier molecular flexibility index (Phi) is 7.03. The van der Waals surface area contributed by atoms with Crippen molar-refractivity contribution in [2.45, 2.75) is 25.5 Å². The van der Waals surface area contributed by atoms with Crippen LogP contribution in [0.15, 0.2) is 42.5 Å². The summed E-state index contributed by atoms with van der Waals surface area (Å²) in [5.74, 6) is 0.468. The van der Waals surface area contributed by atoms with E-state index in [0.29, 0.717) is 17.9 Å². The van der Waals surface area contributed by atoms with Gasteiger partial charge in [-0.1, -0.05) is 12.1 Å². The first-order chi connectivity index (χ1) is 12.0. The van der Waals surface area contributed by atoms with E-state index in [9.17, 15) is 19.7 Å². The van der Waals surface area contributed by atoms with Crippen LogP contribution >= 0.6 is 0 Å². The number of nitrogens with one attached hydrogen (secondary N) is 1. The van der Waals surface area contributed by atoms with E-state index in [2.05, 4.69) is 5.32 Å². The van der Waals surface area contributed by atoms with Gasteiger partial charge in [0.2, 0.25) is 0 Å². The van der Waals surface area contributed by atoms with Crippen molar-refractivity contribution in [1.29, 1.82) is 0 Å². The molecule has 5 nitrogen and oxygen atoms in total. The predicted molar refractivity (Wildman–Crippen MR) is 93.8 cm³/mol. The van der Waals surface area contributed by atoms with Gasteiger partial charge in [0, 0.05) is 18.7 Å². The summed E-state index contributed by atoms with van der Waals surface area (Å²) < 4.78 is 17.3. The monoisotopic (exact) mass is 349 g/mol. The number of benzene rings is 2. The molecule has 0 amide bonds. The number of hydrogen-bond acceptors (Lipinski definition) is 5. The van der Waals surface area contributed by atoms with E-state index in [1.807, 2.05) is 31.2 Å². The molecule has 0 aromatic heterocycles. The molecule has 0 heterocycles. The maximum Gasteiger partial charge on any atom is 0.123 e. The second kappa shape index (κ2) is 9.25. The first kappa shape index (κ1) is 19.0. The van der Waals surface area contributed by atoms with Crippen LogP contribution < -0.4 is 10.1 Å². The molecule has 0 saturated heterocycles. The third-order valence-corrected chi connectivity index (χ3v) is 3.78. The average molecular weight is 349 g/mol. The standard InChI is InChI=1S/C19H24FNO4/c1-13(8-14-2-4-18(5-3-14)25-7-6-20)21-12-19(24)15-9-16(22)11-17(23)10-15/h2-5,9-11,13,19,21-24H,6-8,12H2,1H3. The maximum absolute atomic E-state index is 12.1. The molecule has 0 bridgehead atoms. The van der Waals surface area contributed by atoms with Crippen molar-refractivity contribution in [1.82, 2.24) is 5.32 Å². The van der Waals surface area contributed by atoms with E-state index >= 15 is 0 Å². The molecule has 2 aromatic rings. The van der Waals surface area contributed by atoms with Gasteiger partial charge in [-0.2, -0.15) is 0 Å². The lowest BCUT2D eigenvalue weighted by atomic mass is 10.1. The summed E-state index contributed by atoms with van der Waals surface area (Å²) in [6.07, 6.45) is -0.0848. The van der Waals surface area contributed by atoms with Gasteiger partial charge in [-0.15, -0.1) is 0 Å². The van der Waals surface area contributed by atoms with Gasteiger partial charge in [0.05, 0.1) is 6.10 Å². The summed E-state index contributed by atoms with van der Waals surface area (Å²) in [5.41, 5.74) is 1.55. The zero-order valence-corrected chi connectivity index (χ0v) is 14.2. The summed E-state index contributed by atoms with van der Waals surface area (Å²) in [6, 6.07) is 11.6. The molecule has 0 saturated carbocycles. The quantitative estimate of drug-likeness (QED) is 0.560. The molecule has 0 fully saturated rings. The molecule has 0 aliphatic carbocycles. The number of hydrogen-bond donors (Lipinski definition) is 4. The molecular weight excluding hydrogens is 325 g/mol. The number of aliphatic hydroxyl groups excluding tert-OH is 1. The predicted octanol–water partition coefficient (Wildman–Crippen LogP) is 2.70. The lowest BCUT2D eigenvalue weighted by Gasteiger charge is -2.18. The number of phenols is 2. The minimum absolute atomic E-state index is 0.0553. The Morgan fingerprint density at radius 3 is 2.32 bits per heavy atom. The molecule has 2 atom stereocenters. The van der Waals surface area contributed by atoms with Crippen molar-refractivity contribution in [2.75, 3.05) is 19.8 Å². The number of phenolic OH excluding ortho intramolecular Hbond substituents is 2. The van der Waals surface area contributed by atoms with Crippen molar-refractivity contribution in [3.05, 3.63) is 53.6 Å². The summed E-state index contributed by atoms with van der Waals surface area (Å²) in [5, 5.41) is 32.3. The third-order valence-electron chi connectivity index (χ3n) is 3.78. The highest BCUT2D eigenvalue weighted by Gasteiger charge is 2.12. The highest BCUT2D eigenvalue weighted by Crippen LogP contribution is 2.24. The van der Waals surface area contributed by atoms with Crippen LogP contribution in [0.2, 0.25) is 0 Å². The Balaban J connectivity index is 1.82. The fourth-order valence-electron chi connectivity index (χ4n) is 2.55. The van der Waals surface area contributed by atoms with Crippen LogP contribution in [0.3, 0.4) is 0 Å². The summed E-state index contributed by atoms with van der Waals surface area (Å²) >= 11 is 0. The van der Waals surface area contributed by atoms with Gasteiger partial charge in [0.1, 0.15) is 30.5 Å². The van der Waals surface area contributed by atoms with Gasteiger partial charge in [0.15, 0.2) is 0 Å². The SMILES string of the molecule is CC(Cc1ccc(OCCF)cc1)NCC(O)c1cc(O)cc(O)c1. The van der Waals surface area contributed by atoms with Crippen molar-refractivity contribution >= 4 is 0 Å². The van der Waals surface area contributed by atoms with Gasteiger partial charge in [-0.3, -0.25) is 0 Å². The van der Waals surface area contributed by atoms with Gasteiger partial charge in [0.25, 0.3) is 0 Å². The van der Waals surface area contributed by atoms with Crippen LogP contribution in [0.25, 0.3) is 0 Å². The molecule has 2 aromatic carbocycles. The molecule has 0 aliphatic rings. The second-order valence-corrected chi connectivity index (χ2v) is 5.99. The van der Waals surface area contributed by atoms with Crippen LogP contribution in [0, 0.1) is 0 Å². The Labute approximate surface area is 146 Å². The van der Waals surface area contributed by atoms with Crippen LogP contribution in [0.1, 0.15) is 24.2 Å². The molecule has 2 unspecified atom stereocenters. The molecule has 25 heavy (non-hydrogen) atoms. The number of halogens is 1. The topological polar surface area (TPSA) is 82.0 Å². The van der Waals surface area contributed by atoms with Gasteiger partial charge in [-0.25, -0.2) is 4.39 Å². The maximum atomic E-state index is 12.1. The Morgan fingerprint density at radius 2 is 1.72 bits per heavy atom. The van der Waals surface area contributed by atoms with E-state index in [1.165, 1.54) is 18.2 Å². The zero-order valence-electron chi connectivity index (χ0n) is 14.2. The normalized spacial score (nSPS) is 13.4. The van der Waals surface area contributed by atoms with Crippen molar-refractivity contribution < 1.29 is 24.4 Å². The van der Waals surface area contributed by atoms with Gasteiger partial charge in [-0.05, 0) is 48.7 Å². The first-order valence-corrected chi connectivity index (χ1v) is 8.20. The number of ether oxygens (including phenoxy) is 1. The zero-order chi connectivity index (χ0) is 18.2. The van der Waals surface area contributed by atoms with E-state index < -0.39 is 12.8 Å². The fourth-order valence-corrected chi connectivity index (χ4v) is 2.55.